The first-order chi connectivity index (χ1) is 15.4. The van der Waals surface area contributed by atoms with Crippen LogP contribution in [0.15, 0.2) is 35.3 Å². The van der Waals surface area contributed by atoms with Crippen LogP contribution in [0.4, 0.5) is 5.95 Å². The van der Waals surface area contributed by atoms with Gasteiger partial charge in [-0.25, -0.2) is 0 Å². The summed E-state index contributed by atoms with van der Waals surface area (Å²) in [6.07, 6.45) is 7.85. The second-order valence-corrected chi connectivity index (χ2v) is 10.4. The van der Waals surface area contributed by atoms with Crippen molar-refractivity contribution in [2.24, 2.45) is 24.3 Å². The van der Waals surface area contributed by atoms with E-state index in [4.69, 9.17) is 0 Å². The Morgan fingerprint density at radius 2 is 1.88 bits per heavy atom. The molecule has 4 aliphatic carbocycles. The first-order valence-corrected chi connectivity index (χ1v) is 11.4. The van der Waals surface area contributed by atoms with Crippen molar-refractivity contribution < 1.29 is 4.79 Å². The maximum atomic E-state index is 13.6. The maximum absolute atomic E-state index is 13.6. The number of hydrogen-bond acceptors (Lipinski definition) is 5. The molecule has 32 heavy (non-hydrogen) atoms. The van der Waals surface area contributed by atoms with Crippen LogP contribution in [-0.4, -0.2) is 25.7 Å². The second kappa shape index (κ2) is 6.67. The van der Waals surface area contributed by atoms with Crippen LogP contribution in [0.1, 0.15) is 49.7 Å². The number of carbonyl (C=O) groups is 1. The summed E-state index contributed by atoms with van der Waals surface area (Å²) in [5, 5.41) is 4.50. The minimum atomic E-state index is -0.376. The number of H-pyrrole nitrogens is 1. The highest BCUT2D eigenvalue weighted by atomic mass is 16.2. The molecule has 2 unspecified atom stereocenters. The molecule has 8 nitrogen and oxygen atoms in total. The van der Waals surface area contributed by atoms with Gasteiger partial charge in [0.2, 0.25) is 11.9 Å². The zero-order valence-corrected chi connectivity index (χ0v) is 18.4. The van der Waals surface area contributed by atoms with Gasteiger partial charge in [-0.15, -0.1) is 0 Å². The van der Waals surface area contributed by atoms with Crippen LogP contribution in [0.5, 0.6) is 0 Å². The molecule has 3 N–H and O–H groups in total. The smallest absolute Gasteiger partial charge is 0.263 e. The van der Waals surface area contributed by atoms with Gasteiger partial charge in [0.15, 0.2) is 5.65 Å². The van der Waals surface area contributed by atoms with Gasteiger partial charge in [-0.1, -0.05) is 29.8 Å². The molecule has 0 spiro atoms. The average molecular weight is 433 g/mol. The fourth-order valence-electron chi connectivity index (χ4n) is 7.11. The molecule has 4 bridgehead atoms. The van der Waals surface area contributed by atoms with Crippen molar-refractivity contribution in [1.82, 2.24) is 25.2 Å². The van der Waals surface area contributed by atoms with Gasteiger partial charge in [0.1, 0.15) is 5.39 Å². The molecule has 3 aromatic rings. The highest BCUT2D eigenvalue weighted by Gasteiger charge is 2.61. The predicted octanol–water partition coefficient (Wildman–Crippen LogP) is 2.95. The standard InChI is InChI=1S/C24H28N6O2/c1-14-3-5-17(6-4-14)23-8-15-7-16(9-23)11-24(10-15,13-23)21(32)28-29-22-26-19-18(20(31)27-22)12-25-30(19)2/h3-6,12,15-16H,7-11,13H2,1-2H3,(H,28,32)(H2,26,27,29,31). The minimum Gasteiger partial charge on any atom is -0.291 e. The number of hydrogen-bond donors (Lipinski definition) is 3. The van der Waals surface area contributed by atoms with Crippen LogP contribution in [0.3, 0.4) is 0 Å². The summed E-state index contributed by atoms with van der Waals surface area (Å²) < 4.78 is 1.54. The van der Waals surface area contributed by atoms with Crippen LogP contribution in [0, 0.1) is 24.2 Å². The van der Waals surface area contributed by atoms with Gasteiger partial charge < -0.3 is 0 Å². The zero-order valence-electron chi connectivity index (χ0n) is 18.4. The molecule has 2 heterocycles. The summed E-state index contributed by atoms with van der Waals surface area (Å²) in [6, 6.07) is 8.92. The molecule has 4 fully saturated rings. The number of carbonyl (C=O) groups excluding carboxylic acids is 1. The first-order valence-electron chi connectivity index (χ1n) is 11.4. The van der Waals surface area contributed by atoms with E-state index in [0.717, 1.165) is 19.3 Å². The van der Waals surface area contributed by atoms with E-state index in [1.54, 1.807) is 11.7 Å². The molecular weight excluding hydrogens is 404 g/mol. The maximum Gasteiger partial charge on any atom is 0.263 e. The molecule has 2 atom stereocenters. The zero-order chi connectivity index (χ0) is 22.1. The fraction of sp³-hybridized carbons (Fsp3) is 0.500. The van der Waals surface area contributed by atoms with Gasteiger partial charge in [0.25, 0.3) is 5.56 Å². The van der Waals surface area contributed by atoms with E-state index in [1.807, 2.05) is 0 Å². The summed E-state index contributed by atoms with van der Waals surface area (Å²) in [4.78, 5) is 32.9. The lowest BCUT2D eigenvalue weighted by Gasteiger charge is -2.61. The van der Waals surface area contributed by atoms with E-state index in [9.17, 15) is 9.59 Å². The number of aryl methyl sites for hydroxylation is 2. The molecule has 4 aliphatic rings. The summed E-state index contributed by atoms with van der Waals surface area (Å²) in [7, 11) is 1.73. The van der Waals surface area contributed by atoms with Crippen molar-refractivity contribution in [2.45, 2.75) is 50.9 Å². The minimum absolute atomic E-state index is 0.0100. The lowest BCUT2D eigenvalue weighted by molar-refractivity contribution is -0.148. The first kappa shape index (κ1) is 19.5. The second-order valence-electron chi connectivity index (χ2n) is 10.4. The van der Waals surface area contributed by atoms with Crippen molar-refractivity contribution in [3.05, 3.63) is 51.9 Å². The normalized spacial score (nSPS) is 30.6. The molecule has 0 aliphatic heterocycles. The number of amides is 1. The monoisotopic (exact) mass is 432 g/mol. The molecule has 0 radical (unpaired) electrons. The summed E-state index contributed by atoms with van der Waals surface area (Å²) in [5.41, 5.74) is 8.31. The number of hydrazine groups is 1. The largest absolute Gasteiger partial charge is 0.291 e. The number of aromatic amines is 1. The van der Waals surface area contributed by atoms with Crippen molar-refractivity contribution in [3.63, 3.8) is 0 Å². The SMILES string of the molecule is Cc1ccc(C23CC4CC(CC(C(=O)NNc5nc6c(cnn6C)c(=O)[nH]5)(C4)C2)C3)cc1. The molecule has 7 rings (SSSR count). The van der Waals surface area contributed by atoms with Gasteiger partial charge in [-0.3, -0.25) is 30.1 Å². The average Bonchev–Trinajstić information content (AvgIpc) is 3.13. The van der Waals surface area contributed by atoms with Crippen LogP contribution in [0.25, 0.3) is 11.0 Å². The Bertz CT molecular complexity index is 1260. The quantitative estimate of drug-likeness (QED) is 0.550. The van der Waals surface area contributed by atoms with Crippen LogP contribution in [0.2, 0.25) is 0 Å². The molecule has 0 saturated heterocycles. The third kappa shape index (κ3) is 2.88. The Balaban J connectivity index is 1.26. The number of nitrogens with zero attached hydrogens (tertiary/aromatic N) is 3. The van der Waals surface area contributed by atoms with Crippen molar-refractivity contribution in [1.29, 1.82) is 0 Å². The van der Waals surface area contributed by atoms with Crippen LogP contribution < -0.4 is 16.4 Å². The Hall–Kier alpha value is -3.16. The molecule has 8 heteroatoms. The van der Waals surface area contributed by atoms with Gasteiger partial charge in [0, 0.05) is 7.05 Å². The van der Waals surface area contributed by atoms with E-state index in [0.29, 0.717) is 22.9 Å². The summed E-state index contributed by atoms with van der Waals surface area (Å²) in [5.74, 6) is 1.41. The van der Waals surface area contributed by atoms with Crippen molar-refractivity contribution >= 4 is 22.9 Å². The molecule has 4 saturated carbocycles. The third-order valence-corrected chi connectivity index (χ3v) is 8.10. The van der Waals surface area contributed by atoms with Gasteiger partial charge in [-0.2, -0.15) is 10.1 Å². The van der Waals surface area contributed by atoms with Gasteiger partial charge >= 0.3 is 0 Å². The molecule has 2 aromatic heterocycles. The molecule has 1 amide bonds. The van der Waals surface area contributed by atoms with E-state index in [2.05, 4.69) is 57.1 Å². The van der Waals surface area contributed by atoms with E-state index < -0.39 is 0 Å². The number of nitrogens with one attached hydrogen (secondary N) is 3. The lowest BCUT2D eigenvalue weighted by atomic mass is 9.42. The number of benzene rings is 1. The number of anilines is 1. The molecule has 1 aromatic carbocycles. The Labute approximate surface area is 185 Å². The summed E-state index contributed by atoms with van der Waals surface area (Å²) in [6.45, 7) is 2.12. The van der Waals surface area contributed by atoms with Crippen LogP contribution >= 0.6 is 0 Å². The topological polar surface area (TPSA) is 105 Å². The third-order valence-electron chi connectivity index (χ3n) is 8.10. The fourth-order valence-corrected chi connectivity index (χ4v) is 7.11. The summed E-state index contributed by atoms with van der Waals surface area (Å²) >= 11 is 0. The Kier molecular flexibility index (Phi) is 4.07. The van der Waals surface area contributed by atoms with Crippen LogP contribution in [-0.2, 0) is 17.3 Å². The van der Waals surface area contributed by atoms with Gasteiger partial charge in [-0.05, 0) is 68.3 Å². The Morgan fingerprint density at radius 1 is 1.16 bits per heavy atom. The molecule has 166 valence electrons. The van der Waals surface area contributed by atoms with Crippen molar-refractivity contribution in [2.75, 3.05) is 5.43 Å². The number of rotatable bonds is 4. The Morgan fingerprint density at radius 3 is 2.59 bits per heavy atom. The van der Waals surface area contributed by atoms with Gasteiger partial charge in [0.05, 0.1) is 11.6 Å². The highest BCUT2D eigenvalue weighted by Crippen LogP contribution is 2.65. The van der Waals surface area contributed by atoms with E-state index in [1.165, 1.54) is 36.6 Å². The molecular formula is C24H28N6O2. The van der Waals surface area contributed by atoms with E-state index >= 15 is 0 Å². The van der Waals surface area contributed by atoms with E-state index in [-0.39, 0.29) is 28.2 Å². The predicted molar refractivity (Wildman–Crippen MR) is 121 cm³/mol. The lowest BCUT2D eigenvalue weighted by Crippen LogP contribution is -2.59. The number of fused-ring (bicyclic) bond motifs is 1. The number of aromatic nitrogens is 4. The van der Waals surface area contributed by atoms with Crippen molar-refractivity contribution in [3.8, 4) is 0 Å². The highest BCUT2D eigenvalue weighted by molar-refractivity contribution is 5.84.